The quantitative estimate of drug-likeness (QED) is 0.684. The van der Waals surface area contributed by atoms with Crippen LogP contribution in [0.1, 0.15) is 13.3 Å². The molecule has 0 aromatic carbocycles. The fraction of sp³-hybridized carbons (Fsp3) is 1.00. The first kappa shape index (κ1) is 13.4. The molecule has 0 bridgehead atoms. The zero-order valence-corrected chi connectivity index (χ0v) is 11.5. The molecule has 0 N–H and O–H groups in total. The maximum absolute atomic E-state index is 5.77. The van der Waals surface area contributed by atoms with Crippen molar-refractivity contribution in [1.29, 1.82) is 0 Å². The fourth-order valence-electron chi connectivity index (χ4n) is 1.93. The lowest BCUT2D eigenvalue weighted by Gasteiger charge is -2.33. The first-order valence-electron chi connectivity index (χ1n) is 5.84. The Hall–Kier alpha value is 0.360. The van der Waals surface area contributed by atoms with Crippen LogP contribution in [-0.2, 0) is 4.74 Å². The van der Waals surface area contributed by atoms with Crippen LogP contribution in [-0.4, -0.2) is 67.6 Å². The minimum absolute atomic E-state index is 0.402. The Balaban J connectivity index is 2.24. The molecule has 0 aliphatic carbocycles. The highest BCUT2D eigenvalue weighted by Gasteiger charge is 2.19. The summed E-state index contributed by atoms with van der Waals surface area (Å²) >= 11 is 3.48. The maximum Gasteiger partial charge on any atom is 0.0829 e. The summed E-state index contributed by atoms with van der Waals surface area (Å²) in [6.45, 7) is 8.63. The van der Waals surface area contributed by atoms with Gasteiger partial charge in [0, 0.05) is 25.0 Å². The predicted octanol–water partition coefficient (Wildman–Crippen LogP) is 1.42. The lowest BCUT2D eigenvalue weighted by Crippen LogP contribution is -2.46. The molecule has 4 heteroatoms. The second-order valence-electron chi connectivity index (χ2n) is 4.19. The molecule has 0 aromatic rings. The van der Waals surface area contributed by atoms with Gasteiger partial charge in [0.1, 0.15) is 0 Å². The van der Waals surface area contributed by atoms with Gasteiger partial charge < -0.3 is 14.5 Å². The van der Waals surface area contributed by atoms with Crippen molar-refractivity contribution in [1.82, 2.24) is 9.80 Å². The van der Waals surface area contributed by atoms with Crippen molar-refractivity contribution in [2.75, 3.05) is 51.7 Å². The number of morpholine rings is 1. The van der Waals surface area contributed by atoms with E-state index in [1.165, 1.54) is 13.0 Å². The normalized spacial score (nSPS) is 23.6. The first-order valence-corrected chi connectivity index (χ1v) is 6.97. The number of likely N-dealkylation sites (N-methyl/N-ethyl adjacent to an activating group) is 2. The van der Waals surface area contributed by atoms with Gasteiger partial charge in [0.25, 0.3) is 0 Å². The summed E-state index contributed by atoms with van der Waals surface area (Å²) in [6, 6.07) is 0. The lowest BCUT2D eigenvalue weighted by molar-refractivity contribution is -0.0349. The Morgan fingerprint density at radius 3 is 2.93 bits per heavy atom. The van der Waals surface area contributed by atoms with Crippen LogP contribution >= 0.6 is 15.9 Å². The van der Waals surface area contributed by atoms with Crippen molar-refractivity contribution < 1.29 is 4.74 Å². The van der Waals surface area contributed by atoms with E-state index in [0.717, 1.165) is 38.1 Å². The number of hydrogen-bond donors (Lipinski definition) is 0. The number of ether oxygens (including phenoxy) is 1. The molecular weight excluding hydrogens is 256 g/mol. The average molecular weight is 279 g/mol. The van der Waals surface area contributed by atoms with Crippen LogP contribution in [0.4, 0.5) is 0 Å². The third-order valence-electron chi connectivity index (χ3n) is 2.86. The van der Waals surface area contributed by atoms with E-state index < -0.39 is 0 Å². The summed E-state index contributed by atoms with van der Waals surface area (Å²) in [6.07, 6.45) is 1.62. The van der Waals surface area contributed by atoms with Crippen molar-refractivity contribution in [3.05, 3.63) is 0 Å². The summed E-state index contributed by atoms with van der Waals surface area (Å²) in [5.74, 6) is 0. The summed E-state index contributed by atoms with van der Waals surface area (Å²) in [4.78, 5) is 4.83. The van der Waals surface area contributed by atoms with E-state index in [-0.39, 0.29) is 0 Å². The van der Waals surface area contributed by atoms with E-state index in [1.807, 2.05) is 0 Å². The summed E-state index contributed by atoms with van der Waals surface area (Å²) in [5.41, 5.74) is 0. The molecule has 3 nitrogen and oxygen atoms in total. The fourth-order valence-corrected chi connectivity index (χ4v) is 2.18. The Morgan fingerprint density at radius 2 is 2.33 bits per heavy atom. The van der Waals surface area contributed by atoms with Crippen molar-refractivity contribution >= 4 is 15.9 Å². The number of nitrogens with zero attached hydrogens (tertiary/aromatic N) is 2. The van der Waals surface area contributed by atoms with Gasteiger partial charge in [-0.3, -0.25) is 0 Å². The van der Waals surface area contributed by atoms with Crippen LogP contribution in [0.15, 0.2) is 0 Å². The molecule has 0 saturated carbocycles. The SMILES string of the molecule is CCN(CCCBr)CC1CN(C)CCO1. The second kappa shape index (κ2) is 7.60. The molecule has 1 aliphatic heterocycles. The Labute approximate surface area is 102 Å². The van der Waals surface area contributed by atoms with E-state index in [4.69, 9.17) is 4.74 Å². The number of hydrogen-bond acceptors (Lipinski definition) is 3. The highest BCUT2D eigenvalue weighted by Crippen LogP contribution is 2.06. The van der Waals surface area contributed by atoms with Gasteiger partial charge in [-0.15, -0.1) is 0 Å². The van der Waals surface area contributed by atoms with Gasteiger partial charge in [-0.25, -0.2) is 0 Å². The standard InChI is InChI=1S/C11H23BrN2O/c1-3-14(6-4-5-12)10-11-9-13(2)7-8-15-11/h11H,3-10H2,1-2H3. The van der Waals surface area contributed by atoms with Gasteiger partial charge in [0.05, 0.1) is 12.7 Å². The van der Waals surface area contributed by atoms with E-state index in [0.29, 0.717) is 6.10 Å². The zero-order valence-electron chi connectivity index (χ0n) is 9.91. The van der Waals surface area contributed by atoms with E-state index in [1.54, 1.807) is 0 Å². The van der Waals surface area contributed by atoms with E-state index in [9.17, 15) is 0 Å². The second-order valence-corrected chi connectivity index (χ2v) is 4.98. The van der Waals surface area contributed by atoms with Gasteiger partial charge in [0.2, 0.25) is 0 Å². The van der Waals surface area contributed by atoms with Crippen molar-refractivity contribution in [3.8, 4) is 0 Å². The van der Waals surface area contributed by atoms with Crippen LogP contribution in [0, 0.1) is 0 Å². The molecule has 0 radical (unpaired) electrons. The third kappa shape index (κ3) is 5.29. The average Bonchev–Trinajstić information content (AvgIpc) is 2.24. The molecule has 1 atom stereocenters. The molecule has 1 unspecified atom stereocenters. The van der Waals surface area contributed by atoms with Gasteiger partial charge in [-0.05, 0) is 26.6 Å². The summed E-state index contributed by atoms with van der Waals surface area (Å²) in [5, 5.41) is 1.09. The van der Waals surface area contributed by atoms with Gasteiger partial charge >= 0.3 is 0 Å². The Morgan fingerprint density at radius 1 is 1.53 bits per heavy atom. The number of alkyl halides is 1. The maximum atomic E-state index is 5.77. The molecule has 15 heavy (non-hydrogen) atoms. The van der Waals surface area contributed by atoms with Gasteiger partial charge in [-0.2, -0.15) is 0 Å². The minimum Gasteiger partial charge on any atom is -0.374 e. The molecule has 1 saturated heterocycles. The van der Waals surface area contributed by atoms with Crippen molar-refractivity contribution in [2.24, 2.45) is 0 Å². The molecule has 1 heterocycles. The molecule has 1 fully saturated rings. The number of halogens is 1. The molecule has 0 spiro atoms. The van der Waals surface area contributed by atoms with Gasteiger partial charge in [0.15, 0.2) is 0 Å². The zero-order chi connectivity index (χ0) is 11.1. The number of rotatable bonds is 6. The van der Waals surface area contributed by atoms with Crippen molar-refractivity contribution in [3.63, 3.8) is 0 Å². The summed E-state index contributed by atoms with van der Waals surface area (Å²) < 4.78 is 5.77. The van der Waals surface area contributed by atoms with E-state index in [2.05, 4.69) is 39.7 Å². The van der Waals surface area contributed by atoms with Crippen LogP contribution in [0.3, 0.4) is 0 Å². The molecular formula is C11H23BrN2O. The minimum atomic E-state index is 0.402. The molecule has 90 valence electrons. The highest BCUT2D eigenvalue weighted by molar-refractivity contribution is 9.09. The van der Waals surface area contributed by atoms with Crippen LogP contribution in [0.5, 0.6) is 0 Å². The first-order chi connectivity index (χ1) is 7.26. The Kier molecular flexibility index (Phi) is 6.81. The lowest BCUT2D eigenvalue weighted by atomic mass is 10.2. The predicted molar refractivity (Wildman–Crippen MR) is 67.8 cm³/mol. The van der Waals surface area contributed by atoms with Crippen LogP contribution in [0.25, 0.3) is 0 Å². The highest BCUT2D eigenvalue weighted by atomic mass is 79.9. The van der Waals surface area contributed by atoms with Gasteiger partial charge in [-0.1, -0.05) is 22.9 Å². The molecule has 0 aromatic heterocycles. The third-order valence-corrected chi connectivity index (χ3v) is 3.42. The summed E-state index contributed by atoms with van der Waals surface area (Å²) in [7, 11) is 2.17. The monoisotopic (exact) mass is 278 g/mol. The van der Waals surface area contributed by atoms with Crippen LogP contribution in [0.2, 0.25) is 0 Å². The smallest absolute Gasteiger partial charge is 0.0829 e. The molecule has 1 aliphatic rings. The van der Waals surface area contributed by atoms with E-state index >= 15 is 0 Å². The largest absolute Gasteiger partial charge is 0.374 e. The molecule has 0 amide bonds. The van der Waals surface area contributed by atoms with Crippen LogP contribution < -0.4 is 0 Å². The topological polar surface area (TPSA) is 15.7 Å². The molecule has 1 rings (SSSR count). The Bertz CT molecular complexity index is 169. The van der Waals surface area contributed by atoms with Crippen molar-refractivity contribution in [2.45, 2.75) is 19.4 Å².